The van der Waals surface area contributed by atoms with E-state index in [1.54, 1.807) is 19.2 Å². The number of sulfonamides is 1. The third kappa shape index (κ3) is 5.60. The highest BCUT2D eigenvalue weighted by Gasteiger charge is 2.29. The number of likely N-dealkylation sites (tertiary alicyclic amines) is 1. The Labute approximate surface area is 179 Å². The van der Waals surface area contributed by atoms with Crippen LogP contribution < -0.4 is 5.32 Å². The zero-order chi connectivity index (χ0) is 21.6. The van der Waals surface area contributed by atoms with Gasteiger partial charge in [0.2, 0.25) is 15.9 Å². The number of piperidine rings is 1. The first-order valence-electron chi connectivity index (χ1n) is 11.0. The lowest BCUT2D eigenvalue weighted by molar-refractivity contribution is -0.131. The first kappa shape index (κ1) is 22.7. The van der Waals surface area contributed by atoms with Crippen molar-refractivity contribution in [3.63, 3.8) is 0 Å². The second kappa shape index (κ2) is 10.4. The molecule has 0 atom stereocenters. The molecule has 0 unspecified atom stereocenters. The fourth-order valence-electron chi connectivity index (χ4n) is 4.29. The van der Waals surface area contributed by atoms with Crippen molar-refractivity contribution in [2.45, 2.75) is 68.7 Å². The minimum atomic E-state index is -3.65. The SMILES string of the molecule is CN(C1CCCCC1)S(=O)(=O)c1cccc(C(=O)NCCC(=O)N2CCCCC2)c1. The Morgan fingerprint density at radius 3 is 2.43 bits per heavy atom. The molecule has 1 saturated carbocycles. The maximum atomic E-state index is 13.0. The van der Waals surface area contributed by atoms with Crippen LogP contribution in [0.5, 0.6) is 0 Å². The molecular weight excluding hydrogens is 402 g/mol. The third-order valence-electron chi connectivity index (χ3n) is 6.20. The molecule has 1 saturated heterocycles. The van der Waals surface area contributed by atoms with Gasteiger partial charge in [0.25, 0.3) is 5.91 Å². The highest BCUT2D eigenvalue weighted by atomic mass is 32.2. The smallest absolute Gasteiger partial charge is 0.251 e. The molecule has 166 valence electrons. The molecule has 1 aliphatic carbocycles. The maximum Gasteiger partial charge on any atom is 0.251 e. The molecule has 1 aliphatic heterocycles. The number of amides is 2. The van der Waals surface area contributed by atoms with Crippen molar-refractivity contribution >= 4 is 21.8 Å². The lowest BCUT2D eigenvalue weighted by atomic mass is 9.96. The van der Waals surface area contributed by atoms with E-state index < -0.39 is 10.0 Å². The summed E-state index contributed by atoms with van der Waals surface area (Å²) in [5.41, 5.74) is 0.290. The molecule has 1 aromatic carbocycles. The van der Waals surface area contributed by atoms with Crippen molar-refractivity contribution in [2.24, 2.45) is 0 Å². The number of carbonyl (C=O) groups excluding carboxylic acids is 2. The largest absolute Gasteiger partial charge is 0.352 e. The molecule has 2 amide bonds. The van der Waals surface area contributed by atoms with Gasteiger partial charge in [-0.2, -0.15) is 4.31 Å². The molecule has 0 aromatic heterocycles. The van der Waals surface area contributed by atoms with E-state index in [1.807, 2.05) is 4.90 Å². The van der Waals surface area contributed by atoms with Crippen molar-refractivity contribution < 1.29 is 18.0 Å². The van der Waals surface area contributed by atoms with Gasteiger partial charge in [-0.3, -0.25) is 9.59 Å². The van der Waals surface area contributed by atoms with Gasteiger partial charge in [-0.1, -0.05) is 25.3 Å². The van der Waals surface area contributed by atoms with E-state index in [4.69, 9.17) is 0 Å². The van der Waals surface area contributed by atoms with E-state index in [1.165, 1.54) is 16.4 Å². The van der Waals surface area contributed by atoms with Crippen LogP contribution in [0.15, 0.2) is 29.2 Å². The number of nitrogens with one attached hydrogen (secondary N) is 1. The van der Waals surface area contributed by atoms with Crippen LogP contribution in [0.2, 0.25) is 0 Å². The van der Waals surface area contributed by atoms with Gasteiger partial charge in [-0.15, -0.1) is 0 Å². The van der Waals surface area contributed by atoms with Gasteiger partial charge < -0.3 is 10.2 Å². The van der Waals surface area contributed by atoms with Crippen molar-refractivity contribution in [2.75, 3.05) is 26.7 Å². The molecule has 1 aromatic rings. The average molecular weight is 436 g/mol. The fourth-order valence-corrected chi connectivity index (χ4v) is 5.75. The molecule has 2 fully saturated rings. The van der Waals surface area contributed by atoms with Crippen LogP contribution in [-0.4, -0.2) is 62.2 Å². The van der Waals surface area contributed by atoms with E-state index in [2.05, 4.69) is 5.32 Å². The Balaban J connectivity index is 1.58. The highest BCUT2D eigenvalue weighted by Crippen LogP contribution is 2.26. The quantitative estimate of drug-likeness (QED) is 0.713. The minimum absolute atomic E-state index is 0.0158. The number of rotatable bonds is 7. The Morgan fingerprint density at radius 2 is 1.73 bits per heavy atom. The van der Waals surface area contributed by atoms with Crippen LogP contribution >= 0.6 is 0 Å². The molecule has 2 aliphatic rings. The number of nitrogens with zero attached hydrogens (tertiary/aromatic N) is 2. The van der Waals surface area contributed by atoms with E-state index in [-0.39, 0.29) is 35.7 Å². The van der Waals surface area contributed by atoms with Crippen LogP contribution in [-0.2, 0) is 14.8 Å². The lowest BCUT2D eigenvalue weighted by Gasteiger charge is -2.30. The van der Waals surface area contributed by atoms with Crippen LogP contribution in [0.1, 0.15) is 68.1 Å². The van der Waals surface area contributed by atoms with Gasteiger partial charge in [-0.05, 0) is 50.3 Å². The van der Waals surface area contributed by atoms with Crippen LogP contribution in [0.4, 0.5) is 0 Å². The second-order valence-corrected chi connectivity index (χ2v) is 10.3. The van der Waals surface area contributed by atoms with E-state index >= 15 is 0 Å². The summed E-state index contributed by atoms with van der Waals surface area (Å²) in [6.07, 6.45) is 8.49. The molecule has 1 N–H and O–H groups in total. The summed E-state index contributed by atoms with van der Waals surface area (Å²) in [6.45, 7) is 1.83. The van der Waals surface area contributed by atoms with Crippen molar-refractivity contribution in [1.29, 1.82) is 0 Å². The monoisotopic (exact) mass is 435 g/mol. The van der Waals surface area contributed by atoms with Crippen molar-refractivity contribution in [1.82, 2.24) is 14.5 Å². The van der Waals surface area contributed by atoms with Gasteiger partial charge in [0.05, 0.1) is 4.90 Å². The average Bonchev–Trinajstić information content (AvgIpc) is 2.79. The highest BCUT2D eigenvalue weighted by molar-refractivity contribution is 7.89. The van der Waals surface area contributed by atoms with Gasteiger partial charge >= 0.3 is 0 Å². The first-order valence-corrected chi connectivity index (χ1v) is 12.5. The normalized spacial score (nSPS) is 18.4. The standard InChI is InChI=1S/C22H33N3O4S/c1-24(19-10-4-2-5-11-19)30(28,29)20-12-8-9-18(17-20)22(27)23-14-13-21(26)25-15-6-3-7-16-25/h8-9,12,17,19H,2-7,10-11,13-16H2,1H3,(H,23,27). The van der Waals surface area contributed by atoms with Crippen molar-refractivity contribution in [3.8, 4) is 0 Å². The molecular formula is C22H33N3O4S. The van der Waals surface area contributed by atoms with Gasteiger partial charge in [-0.25, -0.2) is 8.42 Å². The summed E-state index contributed by atoms with van der Waals surface area (Å²) in [7, 11) is -2.02. The van der Waals surface area contributed by atoms with Crippen molar-refractivity contribution in [3.05, 3.63) is 29.8 Å². The fraction of sp³-hybridized carbons (Fsp3) is 0.636. The molecule has 1 heterocycles. The zero-order valence-electron chi connectivity index (χ0n) is 17.8. The van der Waals surface area contributed by atoms with Crippen LogP contribution in [0.3, 0.4) is 0 Å². The Hall–Kier alpha value is -1.93. The molecule has 0 bridgehead atoms. The topological polar surface area (TPSA) is 86.8 Å². The molecule has 3 rings (SSSR count). The summed E-state index contributed by atoms with van der Waals surface area (Å²) in [4.78, 5) is 26.7. The molecule has 30 heavy (non-hydrogen) atoms. The summed E-state index contributed by atoms with van der Waals surface area (Å²) in [6, 6.07) is 6.17. The number of carbonyl (C=O) groups is 2. The van der Waals surface area contributed by atoms with E-state index in [0.29, 0.717) is 5.56 Å². The summed E-state index contributed by atoms with van der Waals surface area (Å²) in [5, 5.41) is 2.75. The van der Waals surface area contributed by atoms with Gasteiger partial charge in [0, 0.05) is 44.7 Å². The number of hydrogen-bond acceptors (Lipinski definition) is 4. The summed E-state index contributed by atoms with van der Waals surface area (Å²) in [5.74, 6) is -0.306. The molecule has 0 radical (unpaired) electrons. The maximum absolute atomic E-state index is 13.0. The predicted molar refractivity (Wildman–Crippen MR) is 116 cm³/mol. The Bertz CT molecular complexity index is 844. The number of hydrogen-bond donors (Lipinski definition) is 1. The predicted octanol–water partition coefficient (Wildman–Crippen LogP) is 2.77. The Kier molecular flexibility index (Phi) is 7.88. The van der Waals surface area contributed by atoms with Crippen LogP contribution in [0.25, 0.3) is 0 Å². The summed E-state index contributed by atoms with van der Waals surface area (Å²) < 4.78 is 27.5. The van der Waals surface area contributed by atoms with Gasteiger partial charge in [0.15, 0.2) is 0 Å². The first-order chi connectivity index (χ1) is 14.4. The Morgan fingerprint density at radius 1 is 1.07 bits per heavy atom. The lowest BCUT2D eigenvalue weighted by Crippen LogP contribution is -2.38. The second-order valence-electron chi connectivity index (χ2n) is 8.29. The van der Waals surface area contributed by atoms with Crippen LogP contribution in [0, 0.1) is 0 Å². The third-order valence-corrected chi connectivity index (χ3v) is 8.10. The minimum Gasteiger partial charge on any atom is -0.352 e. The molecule has 0 spiro atoms. The zero-order valence-corrected chi connectivity index (χ0v) is 18.6. The summed E-state index contributed by atoms with van der Waals surface area (Å²) >= 11 is 0. The molecule has 7 nitrogen and oxygen atoms in total. The molecule has 8 heteroatoms. The van der Waals surface area contributed by atoms with Gasteiger partial charge in [0.1, 0.15) is 0 Å². The number of benzene rings is 1. The van der Waals surface area contributed by atoms with E-state index in [0.717, 1.165) is 64.5 Å². The van der Waals surface area contributed by atoms with E-state index in [9.17, 15) is 18.0 Å².